The number of aromatic nitrogens is 1. The molecule has 1 unspecified atom stereocenters. The first-order valence-corrected chi connectivity index (χ1v) is 5.62. The quantitative estimate of drug-likeness (QED) is 0.892. The summed E-state index contributed by atoms with van der Waals surface area (Å²) in [5, 5.41) is 5.45. The molecule has 84 valence electrons. The third-order valence-corrected chi connectivity index (χ3v) is 3.10. The molecular weight excluding hydrogens is 230 g/mol. The van der Waals surface area contributed by atoms with Crippen LogP contribution < -0.4 is 5.32 Å². The Hall–Kier alpha value is -1.33. The van der Waals surface area contributed by atoms with Crippen molar-refractivity contribution in [3.8, 4) is 0 Å². The number of nitrogens with one attached hydrogen (secondary N) is 1. The van der Waals surface area contributed by atoms with Crippen LogP contribution in [0.25, 0.3) is 0 Å². The van der Waals surface area contributed by atoms with Crippen LogP contribution in [0.5, 0.6) is 0 Å². The lowest BCUT2D eigenvalue weighted by Gasteiger charge is -2.14. The van der Waals surface area contributed by atoms with Crippen LogP contribution in [-0.4, -0.2) is 12.0 Å². The molecule has 0 aliphatic rings. The summed E-state index contributed by atoms with van der Waals surface area (Å²) >= 11 is 1.40. The lowest BCUT2D eigenvalue weighted by Crippen LogP contribution is -2.18. The molecule has 16 heavy (non-hydrogen) atoms. The average Bonchev–Trinajstić information content (AvgIpc) is 2.78. The number of benzene rings is 1. The zero-order valence-corrected chi connectivity index (χ0v) is 9.39. The van der Waals surface area contributed by atoms with Crippen LogP contribution in [-0.2, 0) is 0 Å². The smallest absolute Gasteiger partial charge is 0.128 e. The van der Waals surface area contributed by atoms with Gasteiger partial charge in [0.1, 0.15) is 16.6 Å². The van der Waals surface area contributed by atoms with Gasteiger partial charge in [0.15, 0.2) is 0 Å². The summed E-state index contributed by atoms with van der Waals surface area (Å²) in [4.78, 5) is 4.10. The van der Waals surface area contributed by atoms with Gasteiger partial charge in [-0.25, -0.2) is 13.8 Å². The standard InChI is InChI=1S/C11H10F2N2S/c1-14-10(11-15-4-5-16-11)8-6-7(12)2-3-9(8)13/h2-6,10,14H,1H3. The summed E-state index contributed by atoms with van der Waals surface area (Å²) in [7, 11) is 1.69. The van der Waals surface area contributed by atoms with Gasteiger partial charge >= 0.3 is 0 Å². The van der Waals surface area contributed by atoms with Gasteiger partial charge in [-0.2, -0.15) is 0 Å². The van der Waals surface area contributed by atoms with E-state index in [9.17, 15) is 8.78 Å². The van der Waals surface area contributed by atoms with E-state index in [4.69, 9.17) is 0 Å². The molecule has 0 spiro atoms. The number of halogens is 2. The van der Waals surface area contributed by atoms with E-state index in [-0.39, 0.29) is 5.56 Å². The molecule has 1 heterocycles. The van der Waals surface area contributed by atoms with Gasteiger partial charge in [0.2, 0.25) is 0 Å². The van der Waals surface area contributed by atoms with E-state index in [1.54, 1.807) is 18.6 Å². The highest BCUT2D eigenvalue weighted by Gasteiger charge is 2.18. The zero-order chi connectivity index (χ0) is 11.5. The summed E-state index contributed by atoms with van der Waals surface area (Å²) in [5.74, 6) is -0.885. The van der Waals surface area contributed by atoms with E-state index >= 15 is 0 Å². The molecule has 0 radical (unpaired) electrons. The maximum Gasteiger partial charge on any atom is 0.128 e. The molecule has 2 aromatic rings. The number of nitrogens with zero attached hydrogens (tertiary/aromatic N) is 1. The van der Waals surface area contributed by atoms with Crippen molar-refractivity contribution in [2.45, 2.75) is 6.04 Å². The minimum atomic E-state index is -0.451. The summed E-state index contributed by atoms with van der Waals surface area (Å²) in [6, 6.07) is 3.02. The molecule has 0 aliphatic carbocycles. The van der Waals surface area contributed by atoms with Crippen LogP contribution in [0.4, 0.5) is 8.78 Å². The number of hydrogen-bond acceptors (Lipinski definition) is 3. The molecule has 0 bridgehead atoms. The molecule has 0 fully saturated rings. The molecule has 2 rings (SSSR count). The highest BCUT2D eigenvalue weighted by molar-refractivity contribution is 7.09. The van der Waals surface area contributed by atoms with Crippen LogP contribution in [0.1, 0.15) is 16.6 Å². The average molecular weight is 240 g/mol. The van der Waals surface area contributed by atoms with E-state index in [0.717, 1.165) is 12.1 Å². The van der Waals surface area contributed by atoms with Gasteiger partial charge in [-0.1, -0.05) is 0 Å². The second-order valence-electron chi connectivity index (χ2n) is 3.26. The highest BCUT2D eigenvalue weighted by atomic mass is 32.1. The Balaban J connectivity index is 2.44. The maximum atomic E-state index is 13.6. The molecule has 0 aliphatic heterocycles. The predicted octanol–water partition coefficient (Wildman–Crippen LogP) is 2.73. The topological polar surface area (TPSA) is 24.9 Å². The fourth-order valence-corrected chi connectivity index (χ4v) is 2.29. The zero-order valence-electron chi connectivity index (χ0n) is 8.58. The van der Waals surface area contributed by atoms with Gasteiger partial charge < -0.3 is 5.32 Å². The van der Waals surface area contributed by atoms with Crippen LogP contribution in [0, 0.1) is 11.6 Å². The molecule has 1 atom stereocenters. The van der Waals surface area contributed by atoms with E-state index in [1.165, 1.54) is 17.4 Å². The molecule has 0 amide bonds. The number of thiazole rings is 1. The minimum Gasteiger partial charge on any atom is -0.307 e. The van der Waals surface area contributed by atoms with Gasteiger partial charge in [0, 0.05) is 17.1 Å². The largest absolute Gasteiger partial charge is 0.307 e. The normalized spacial score (nSPS) is 12.7. The lowest BCUT2D eigenvalue weighted by atomic mass is 10.1. The summed E-state index contributed by atoms with van der Waals surface area (Å²) in [6.07, 6.45) is 1.64. The van der Waals surface area contributed by atoms with Gasteiger partial charge in [-0.05, 0) is 25.2 Å². The van der Waals surface area contributed by atoms with Crippen molar-refractivity contribution < 1.29 is 8.78 Å². The third kappa shape index (κ3) is 2.10. The third-order valence-electron chi connectivity index (χ3n) is 2.26. The molecule has 5 heteroatoms. The van der Waals surface area contributed by atoms with Crippen molar-refractivity contribution in [1.82, 2.24) is 10.3 Å². The van der Waals surface area contributed by atoms with Crippen LogP contribution in [0.15, 0.2) is 29.8 Å². The molecule has 2 nitrogen and oxygen atoms in total. The van der Waals surface area contributed by atoms with Crippen molar-refractivity contribution in [2.24, 2.45) is 0 Å². The van der Waals surface area contributed by atoms with Crippen molar-refractivity contribution in [3.63, 3.8) is 0 Å². The van der Waals surface area contributed by atoms with E-state index in [1.807, 2.05) is 0 Å². The summed E-state index contributed by atoms with van der Waals surface area (Å²) < 4.78 is 26.6. The number of rotatable bonds is 3. The van der Waals surface area contributed by atoms with Gasteiger partial charge in [-0.15, -0.1) is 11.3 Å². The highest BCUT2D eigenvalue weighted by Crippen LogP contribution is 2.26. The van der Waals surface area contributed by atoms with Crippen molar-refractivity contribution >= 4 is 11.3 Å². The Morgan fingerprint density at radius 2 is 2.19 bits per heavy atom. The van der Waals surface area contributed by atoms with Gasteiger partial charge in [0.25, 0.3) is 0 Å². The van der Waals surface area contributed by atoms with E-state index < -0.39 is 17.7 Å². The molecule has 1 N–H and O–H groups in total. The van der Waals surface area contributed by atoms with Crippen LogP contribution >= 0.6 is 11.3 Å². The number of hydrogen-bond donors (Lipinski definition) is 1. The minimum absolute atomic E-state index is 0.275. The Labute approximate surface area is 96.0 Å². The molecule has 0 saturated carbocycles. The fraction of sp³-hybridized carbons (Fsp3) is 0.182. The SMILES string of the molecule is CNC(c1nccs1)c1cc(F)ccc1F. The molecule has 1 aromatic heterocycles. The molecular formula is C11H10F2N2S. The van der Waals surface area contributed by atoms with E-state index in [2.05, 4.69) is 10.3 Å². The predicted molar refractivity (Wildman–Crippen MR) is 59.4 cm³/mol. The fourth-order valence-electron chi connectivity index (χ4n) is 1.52. The van der Waals surface area contributed by atoms with Gasteiger partial charge in [-0.3, -0.25) is 0 Å². The van der Waals surface area contributed by atoms with Crippen LogP contribution in [0.3, 0.4) is 0 Å². The summed E-state index contributed by atoms with van der Waals surface area (Å²) in [6.45, 7) is 0. The first kappa shape index (κ1) is 11.2. The van der Waals surface area contributed by atoms with Crippen molar-refractivity contribution in [2.75, 3.05) is 7.05 Å². The van der Waals surface area contributed by atoms with Crippen LogP contribution in [0.2, 0.25) is 0 Å². The Bertz CT molecular complexity index is 471. The summed E-state index contributed by atoms with van der Waals surface area (Å²) in [5.41, 5.74) is 0.275. The van der Waals surface area contributed by atoms with Crippen molar-refractivity contribution in [1.29, 1.82) is 0 Å². The maximum absolute atomic E-state index is 13.6. The monoisotopic (exact) mass is 240 g/mol. The van der Waals surface area contributed by atoms with Crippen molar-refractivity contribution in [3.05, 3.63) is 52.0 Å². The Morgan fingerprint density at radius 3 is 2.81 bits per heavy atom. The lowest BCUT2D eigenvalue weighted by molar-refractivity contribution is 0.557. The second kappa shape index (κ2) is 4.67. The molecule has 0 saturated heterocycles. The van der Waals surface area contributed by atoms with E-state index in [0.29, 0.717) is 5.01 Å². The molecule has 1 aromatic carbocycles. The first-order valence-electron chi connectivity index (χ1n) is 4.74. The van der Waals surface area contributed by atoms with Gasteiger partial charge in [0.05, 0.1) is 6.04 Å². The first-order chi connectivity index (χ1) is 7.72. The Morgan fingerprint density at radius 1 is 1.38 bits per heavy atom. The Kier molecular flexibility index (Phi) is 3.26. The second-order valence-corrected chi connectivity index (χ2v) is 4.18.